The van der Waals surface area contributed by atoms with Gasteiger partial charge in [-0.3, -0.25) is 5.10 Å². The van der Waals surface area contributed by atoms with E-state index in [1.165, 1.54) is 0 Å². The Bertz CT molecular complexity index is 963. The van der Waals surface area contributed by atoms with E-state index in [4.69, 9.17) is 4.74 Å². The molecule has 0 saturated carbocycles. The molecule has 0 bridgehead atoms. The Morgan fingerprint density at radius 2 is 2.16 bits per heavy atom. The average molecular weight is 437 g/mol. The Hall–Kier alpha value is -2.97. The quantitative estimate of drug-likeness (QED) is 0.352. The van der Waals surface area contributed by atoms with E-state index in [9.17, 15) is 5.11 Å². The van der Waals surface area contributed by atoms with Gasteiger partial charge in [-0.1, -0.05) is 12.6 Å². The number of nitrogens with one attached hydrogen (secondary N) is 2. The Labute approximate surface area is 189 Å². The number of aromatic nitrogens is 2. The first kappa shape index (κ1) is 22.2. The zero-order valence-electron chi connectivity index (χ0n) is 18.6. The lowest BCUT2D eigenvalue weighted by atomic mass is 10.0. The van der Waals surface area contributed by atoms with Gasteiger partial charge in [0.15, 0.2) is 0 Å². The Balaban J connectivity index is 1.37. The highest BCUT2D eigenvalue weighted by atomic mass is 16.5. The van der Waals surface area contributed by atoms with Crippen molar-refractivity contribution >= 4 is 11.5 Å². The SMILES string of the molecule is C=C/C(=N\N=C(/C)N1CCC(CNC2CCOCC2)C1)c1ccc(-c2cn[nH]c2)cc1O. The van der Waals surface area contributed by atoms with Crippen LogP contribution < -0.4 is 5.32 Å². The molecule has 0 spiro atoms. The molecule has 1 unspecified atom stereocenters. The minimum Gasteiger partial charge on any atom is -0.507 e. The lowest BCUT2D eigenvalue weighted by Crippen LogP contribution is -2.38. The number of H-pyrrole nitrogens is 1. The van der Waals surface area contributed by atoms with Crippen molar-refractivity contribution in [3.63, 3.8) is 0 Å². The number of aromatic hydroxyl groups is 1. The third-order valence-corrected chi connectivity index (χ3v) is 6.26. The molecule has 1 aromatic heterocycles. The van der Waals surface area contributed by atoms with E-state index >= 15 is 0 Å². The van der Waals surface area contributed by atoms with E-state index in [0.29, 0.717) is 23.2 Å². The molecule has 2 saturated heterocycles. The molecule has 170 valence electrons. The Morgan fingerprint density at radius 3 is 2.88 bits per heavy atom. The van der Waals surface area contributed by atoms with Crippen molar-refractivity contribution in [2.75, 3.05) is 32.8 Å². The van der Waals surface area contributed by atoms with Crippen LogP contribution in [0.25, 0.3) is 11.1 Å². The monoisotopic (exact) mass is 436 g/mol. The minimum atomic E-state index is 0.135. The van der Waals surface area contributed by atoms with Gasteiger partial charge in [-0.15, -0.1) is 10.2 Å². The summed E-state index contributed by atoms with van der Waals surface area (Å²) in [5.41, 5.74) is 2.93. The number of hydrogen-bond donors (Lipinski definition) is 3. The van der Waals surface area contributed by atoms with E-state index in [1.807, 2.05) is 19.1 Å². The molecule has 0 amide bonds. The van der Waals surface area contributed by atoms with Crippen LogP contribution in [0.4, 0.5) is 0 Å². The number of phenols is 1. The average Bonchev–Trinajstić information content (AvgIpc) is 3.52. The number of phenolic OH excluding ortho intramolecular Hbond substituents is 1. The van der Waals surface area contributed by atoms with E-state index < -0.39 is 0 Å². The smallest absolute Gasteiger partial charge is 0.125 e. The summed E-state index contributed by atoms with van der Waals surface area (Å²) >= 11 is 0. The fraction of sp³-hybridized carbons (Fsp3) is 0.458. The number of ether oxygens (including phenoxy) is 1. The summed E-state index contributed by atoms with van der Waals surface area (Å²) in [6.45, 7) is 10.6. The highest BCUT2D eigenvalue weighted by Gasteiger charge is 2.24. The van der Waals surface area contributed by atoms with Crippen molar-refractivity contribution in [1.29, 1.82) is 0 Å². The van der Waals surface area contributed by atoms with Crippen LogP contribution >= 0.6 is 0 Å². The lowest BCUT2D eigenvalue weighted by molar-refractivity contribution is 0.0771. The largest absolute Gasteiger partial charge is 0.507 e. The van der Waals surface area contributed by atoms with Crippen LogP contribution in [0.3, 0.4) is 0 Å². The first-order chi connectivity index (χ1) is 15.6. The number of aromatic amines is 1. The molecule has 32 heavy (non-hydrogen) atoms. The van der Waals surface area contributed by atoms with Gasteiger partial charge < -0.3 is 20.1 Å². The summed E-state index contributed by atoms with van der Waals surface area (Å²) in [4.78, 5) is 2.28. The van der Waals surface area contributed by atoms with E-state index in [-0.39, 0.29) is 5.75 Å². The number of nitrogens with zero attached hydrogens (tertiary/aromatic N) is 4. The van der Waals surface area contributed by atoms with Crippen LogP contribution in [0.15, 0.2) is 53.5 Å². The van der Waals surface area contributed by atoms with Gasteiger partial charge >= 0.3 is 0 Å². The third kappa shape index (κ3) is 5.44. The number of hydrogen-bond acceptors (Lipinski definition) is 6. The van der Waals surface area contributed by atoms with Crippen LogP contribution in [-0.4, -0.2) is 70.6 Å². The first-order valence-electron chi connectivity index (χ1n) is 11.3. The van der Waals surface area contributed by atoms with Gasteiger partial charge in [-0.25, -0.2) is 0 Å². The molecule has 2 fully saturated rings. The van der Waals surface area contributed by atoms with Crippen molar-refractivity contribution < 1.29 is 9.84 Å². The molecule has 2 aromatic rings. The molecule has 2 aliphatic rings. The van der Waals surface area contributed by atoms with Gasteiger partial charge in [0.05, 0.1) is 11.9 Å². The van der Waals surface area contributed by atoms with Crippen LogP contribution in [-0.2, 0) is 4.74 Å². The summed E-state index contributed by atoms with van der Waals surface area (Å²) in [5, 5.41) is 29.8. The molecule has 3 N–H and O–H groups in total. The van der Waals surface area contributed by atoms with Crippen molar-refractivity contribution in [2.45, 2.75) is 32.2 Å². The fourth-order valence-corrected chi connectivity index (χ4v) is 4.26. The lowest BCUT2D eigenvalue weighted by Gasteiger charge is -2.25. The highest BCUT2D eigenvalue weighted by molar-refractivity contribution is 6.10. The number of rotatable bonds is 7. The molecule has 3 heterocycles. The Morgan fingerprint density at radius 1 is 1.31 bits per heavy atom. The number of amidine groups is 1. The van der Waals surface area contributed by atoms with Crippen LogP contribution in [0.1, 0.15) is 31.7 Å². The third-order valence-electron chi connectivity index (χ3n) is 6.26. The molecule has 1 aromatic carbocycles. The van der Waals surface area contributed by atoms with Crippen LogP contribution in [0.5, 0.6) is 5.75 Å². The van der Waals surface area contributed by atoms with Crippen molar-refractivity contribution in [3.05, 3.63) is 48.8 Å². The molecular formula is C24H32N6O2. The second-order valence-electron chi connectivity index (χ2n) is 8.45. The zero-order chi connectivity index (χ0) is 22.3. The maximum atomic E-state index is 10.5. The number of likely N-dealkylation sites (tertiary alicyclic amines) is 1. The van der Waals surface area contributed by atoms with Crippen molar-refractivity contribution in [2.24, 2.45) is 16.1 Å². The summed E-state index contributed by atoms with van der Waals surface area (Å²) in [6, 6.07) is 6.04. The van der Waals surface area contributed by atoms with Gasteiger partial charge in [0.1, 0.15) is 11.6 Å². The maximum Gasteiger partial charge on any atom is 0.125 e. The summed E-state index contributed by atoms with van der Waals surface area (Å²) < 4.78 is 5.43. The Kier molecular flexibility index (Phi) is 7.34. The predicted octanol–water partition coefficient (Wildman–Crippen LogP) is 3.18. The molecule has 8 heteroatoms. The summed E-state index contributed by atoms with van der Waals surface area (Å²) in [6.07, 6.45) is 8.48. The van der Waals surface area contributed by atoms with Crippen molar-refractivity contribution in [3.8, 4) is 16.9 Å². The molecular weight excluding hydrogens is 404 g/mol. The van der Waals surface area contributed by atoms with Gasteiger partial charge in [-0.05, 0) is 62.4 Å². The standard InChI is InChI=1S/C24H32N6O2/c1-3-23(22-5-4-19(12-24(22)31)20-14-26-27-15-20)29-28-17(2)30-9-6-18(16-30)13-25-21-7-10-32-11-8-21/h3-5,12,14-15,18,21,25,31H,1,6-11,13,16H2,2H3,(H,26,27)/b28-17+,29-23+. The van der Waals surface area contributed by atoms with E-state index in [1.54, 1.807) is 24.5 Å². The zero-order valence-corrected chi connectivity index (χ0v) is 18.6. The van der Waals surface area contributed by atoms with Crippen LogP contribution in [0.2, 0.25) is 0 Å². The normalized spacial score (nSPS) is 20.7. The topological polar surface area (TPSA) is 98.1 Å². The van der Waals surface area contributed by atoms with Gasteiger partial charge in [0, 0.05) is 49.7 Å². The van der Waals surface area contributed by atoms with Crippen LogP contribution in [0, 0.1) is 5.92 Å². The molecule has 8 nitrogen and oxygen atoms in total. The molecule has 2 aliphatic heterocycles. The molecule has 4 rings (SSSR count). The highest BCUT2D eigenvalue weighted by Crippen LogP contribution is 2.27. The molecule has 1 atom stereocenters. The van der Waals surface area contributed by atoms with Gasteiger partial charge in [0.2, 0.25) is 0 Å². The van der Waals surface area contributed by atoms with Gasteiger partial charge in [-0.2, -0.15) is 5.10 Å². The van der Waals surface area contributed by atoms with Gasteiger partial charge in [0.25, 0.3) is 0 Å². The fourth-order valence-electron chi connectivity index (χ4n) is 4.26. The van der Waals surface area contributed by atoms with Crippen molar-refractivity contribution in [1.82, 2.24) is 20.4 Å². The number of allylic oxidation sites excluding steroid dienone is 1. The molecule has 0 radical (unpaired) electrons. The number of benzene rings is 1. The maximum absolute atomic E-state index is 10.5. The summed E-state index contributed by atoms with van der Waals surface area (Å²) in [7, 11) is 0. The molecule has 0 aliphatic carbocycles. The second-order valence-corrected chi connectivity index (χ2v) is 8.45. The first-order valence-corrected chi connectivity index (χ1v) is 11.3. The van der Waals surface area contributed by atoms with E-state index in [0.717, 1.165) is 69.1 Å². The second kappa shape index (κ2) is 10.6. The minimum absolute atomic E-state index is 0.135. The summed E-state index contributed by atoms with van der Waals surface area (Å²) in [5.74, 6) is 1.63. The van der Waals surface area contributed by atoms with E-state index in [2.05, 4.69) is 37.2 Å². The predicted molar refractivity (Wildman–Crippen MR) is 127 cm³/mol.